The van der Waals surface area contributed by atoms with Crippen LogP contribution in [-0.4, -0.2) is 24.0 Å². The van der Waals surface area contributed by atoms with E-state index in [0.717, 1.165) is 18.5 Å². The summed E-state index contributed by atoms with van der Waals surface area (Å²) in [5.74, 6) is -0.135. The zero-order chi connectivity index (χ0) is 12.3. The van der Waals surface area contributed by atoms with Crippen LogP contribution in [0.3, 0.4) is 0 Å². The van der Waals surface area contributed by atoms with Crippen LogP contribution in [0.5, 0.6) is 0 Å². The molecule has 1 aromatic rings. The lowest BCUT2D eigenvalue weighted by atomic mass is 10.0. The predicted molar refractivity (Wildman–Crippen MR) is 68.2 cm³/mol. The average Bonchev–Trinajstić information content (AvgIpc) is 3.15. The van der Waals surface area contributed by atoms with Crippen molar-refractivity contribution in [2.24, 2.45) is 5.73 Å². The third kappa shape index (κ3) is 2.85. The Kier molecular flexibility index (Phi) is 4.13. The van der Waals surface area contributed by atoms with E-state index in [9.17, 15) is 4.39 Å². The third-order valence-corrected chi connectivity index (χ3v) is 3.39. The van der Waals surface area contributed by atoms with Gasteiger partial charge in [-0.15, -0.1) is 0 Å². The minimum atomic E-state index is -0.135. The van der Waals surface area contributed by atoms with Gasteiger partial charge >= 0.3 is 0 Å². The molecule has 0 aromatic heterocycles. The third-order valence-electron chi connectivity index (χ3n) is 3.39. The quantitative estimate of drug-likeness (QED) is 0.823. The lowest BCUT2D eigenvalue weighted by molar-refractivity contribution is 0.188. The van der Waals surface area contributed by atoms with E-state index < -0.39 is 0 Å². The SMILES string of the molecule is CCCN(C1CC1)C(CN)c1ccccc1F. The second-order valence-electron chi connectivity index (χ2n) is 4.74. The van der Waals surface area contributed by atoms with E-state index >= 15 is 0 Å². The Labute approximate surface area is 103 Å². The molecule has 17 heavy (non-hydrogen) atoms. The molecule has 1 aliphatic carbocycles. The summed E-state index contributed by atoms with van der Waals surface area (Å²) in [6, 6.07) is 7.64. The van der Waals surface area contributed by atoms with E-state index in [1.54, 1.807) is 6.07 Å². The Morgan fingerprint density at radius 2 is 2.12 bits per heavy atom. The first-order valence-electron chi connectivity index (χ1n) is 6.48. The molecule has 2 rings (SSSR count). The fourth-order valence-corrected chi connectivity index (χ4v) is 2.44. The van der Waals surface area contributed by atoms with Gasteiger partial charge in [0.25, 0.3) is 0 Å². The molecule has 1 unspecified atom stereocenters. The van der Waals surface area contributed by atoms with Crippen LogP contribution in [0.2, 0.25) is 0 Å². The molecule has 1 atom stereocenters. The molecular weight excluding hydrogens is 215 g/mol. The second-order valence-corrected chi connectivity index (χ2v) is 4.74. The molecular formula is C14H21FN2. The highest BCUT2D eigenvalue weighted by atomic mass is 19.1. The summed E-state index contributed by atoms with van der Waals surface area (Å²) in [6.45, 7) is 3.64. The molecule has 1 saturated carbocycles. The van der Waals surface area contributed by atoms with Crippen molar-refractivity contribution >= 4 is 0 Å². The molecule has 0 saturated heterocycles. The van der Waals surface area contributed by atoms with Crippen molar-refractivity contribution in [1.29, 1.82) is 0 Å². The van der Waals surface area contributed by atoms with Crippen molar-refractivity contribution in [3.8, 4) is 0 Å². The van der Waals surface area contributed by atoms with E-state index in [1.165, 1.54) is 18.9 Å². The van der Waals surface area contributed by atoms with E-state index in [1.807, 2.05) is 12.1 Å². The number of nitrogens with zero attached hydrogens (tertiary/aromatic N) is 1. The van der Waals surface area contributed by atoms with Gasteiger partial charge in [0.2, 0.25) is 0 Å². The maximum atomic E-state index is 13.8. The lowest BCUT2D eigenvalue weighted by Gasteiger charge is -2.31. The molecule has 1 fully saturated rings. The molecule has 1 aliphatic rings. The first kappa shape index (κ1) is 12.5. The smallest absolute Gasteiger partial charge is 0.128 e. The van der Waals surface area contributed by atoms with Crippen molar-refractivity contribution in [1.82, 2.24) is 4.90 Å². The second kappa shape index (κ2) is 5.61. The largest absolute Gasteiger partial charge is 0.329 e. The predicted octanol–water partition coefficient (Wildman–Crippen LogP) is 2.70. The fraction of sp³-hybridized carbons (Fsp3) is 0.571. The number of benzene rings is 1. The number of nitrogens with two attached hydrogens (primary N) is 1. The van der Waals surface area contributed by atoms with Crippen LogP contribution in [0.15, 0.2) is 24.3 Å². The normalized spacial score (nSPS) is 17.4. The Hall–Kier alpha value is -0.930. The fourth-order valence-electron chi connectivity index (χ4n) is 2.44. The van der Waals surface area contributed by atoms with Gasteiger partial charge in [-0.3, -0.25) is 4.90 Å². The van der Waals surface area contributed by atoms with Crippen LogP contribution < -0.4 is 5.73 Å². The van der Waals surface area contributed by atoms with E-state index in [-0.39, 0.29) is 11.9 Å². The molecule has 2 N–H and O–H groups in total. The molecule has 0 radical (unpaired) electrons. The van der Waals surface area contributed by atoms with Crippen LogP contribution in [0.1, 0.15) is 37.8 Å². The summed E-state index contributed by atoms with van der Waals surface area (Å²) in [5, 5.41) is 0. The topological polar surface area (TPSA) is 29.3 Å². The van der Waals surface area contributed by atoms with Gasteiger partial charge in [0.05, 0.1) is 6.04 Å². The Balaban J connectivity index is 2.21. The van der Waals surface area contributed by atoms with Gasteiger partial charge in [-0.2, -0.15) is 0 Å². The molecule has 0 aliphatic heterocycles. The standard InChI is InChI=1S/C14H21FN2/c1-2-9-17(11-7-8-11)14(10-16)12-5-3-4-6-13(12)15/h3-6,11,14H,2,7-10,16H2,1H3. The molecule has 3 heteroatoms. The van der Waals surface area contributed by atoms with Crippen LogP contribution >= 0.6 is 0 Å². The maximum Gasteiger partial charge on any atom is 0.128 e. The van der Waals surface area contributed by atoms with Crippen molar-refractivity contribution in [3.05, 3.63) is 35.6 Å². The van der Waals surface area contributed by atoms with E-state index in [4.69, 9.17) is 5.73 Å². The van der Waals surface area contributed by atoms with Crippen molar-refractivity contribution in [2.75, 3.05) is 13.1 Å². The summed E-state index contributed by atoms with van der Waals surface area (Å²) < 4.78 is 13.8. The van der Waals surface area contributed by atoms with Gasteiger partial charge in [-0.25, -0.2) is 4.39 Å². The summed E-state index contributed by atoms with van der Waals surface area (Å²) in [7, 11) is 0. The molecule has 0 bridgehead atoms. The molecule has 0 spiro atoms. The van der Waals surface area contributed by atoms with E-state index in [2.05, 4.69) is 11.8 Å². The summed E-state index contributed by atoms with van der Waals surface area (Å²) in [6.07, 6.45) is 3.54. The van der Waals surface area contributed by atoms with Crippen LogP contribution in [0, 0.1) is 5.82 Å². The Morgan fingerprint density at radius 3 is 2.65 bits per heavy atom. The Bertz CT molecular complexity index is 363. The molecule has 2 nitrogen and oxygen atoms in total. The van der Waals surface area contributed by atoms with Gasteiger partial charge < -0.3 is 5.73 Å². The van der Waals surface area contributed by atoms with Crippen LogP contribution in [0.25, 0.3) is 0 Å². The number of halogens is 1. The minimum absolute atomic E-state index is 0.0312. The average molecular weight is 236 g/mol. The van der Waals surface area contributed by atoms with Crippen molar-refractivity contribution in [3.63, 3.8) is 0 Å². The monoisotopic (exact) mass is 236 g/mol. The minimum Gasteiger partial charge on any atom is -0.329 e. The number of rotatable bonds is 6. The first-order chi connectivity index (χ1) is 8.27. The first-order valence-corrected chi connectivity index (χ1v) is 6.48. The highest BCUT2D eigenvalue weighted by molar-refractivity contribution is 5.22. The highest BCUT2D eigenvalue weighted by Gasteiger charge is 2.34. The van der Waals surface area contributed by atoms with Gasteiger partial charge in [-0.1, -0.05) is 25.1 Å². The molecule has 0 amide bonds. The van der Waals surface area contributed by atoms with E-state index in [0.29, 0.717) is 12.6 Å². The zero-order valence-corrected chi connectivity index (χ0v) is 10.4. The van der Waals surface area contributed by atoms with Crippen LogP contribution in [-0.2, 0) is 0 Å². The number of hydrogen-bond donors (Lipinski definition) is 1. The summed E-state index contributed by atoms with van der Waals surface area (Å²) in [4.78, 5) is 2.37. The van der Waals surface area contributed by atoms with Crippen LogP contribution in [0.4, 0.5) is 4.39 Å². The van der Waals surface area contributed by atoms with Gasteiger partial charge in [0, 0.05) is 18.2 Å². The number of hydrogen-bond acceptors (Lipinski definition) is 2. The Morgan fingerprint density at radius 1 is 1.41 bits per heavy atom. The molecule has 1 aromatic carbocycles. The zero-order valence-electron chi connectivity index (χ0n) is 10.4. The summed E-state index contributed by atoms with van der Waals surface area (Å²) >= 11 is 0. The molecule has 94 valence electrons. The van der Waals surface area contributed by atoms with Gasteiger partial charge in [-0.05, 0) is 31.9 Å². The summed E-state index contributed by atoms with van der Waals surface area (Å²) in [5.41, 5.74) is 6.61. The molecule has 0 heterocycles. The van der Waals surface area contributed by atoms with Crippen molar-refractivity contribution in [2.45, 2.75) is 38.3 Å². The van der Waals surface area contributed by atoms with Gasteiger partial charge in [0.1, 0.15) is 5.82 Å². The highest BCUT2D eigenvalue weighted by Crippen LogP contribution is 2.34. The lowest BCUT2D eigenvalue weighted by Crippen LogP contribution is -2.36. The maximum absolute atomic E-state index is 13.8. The van der Waals surface area contributed by atoms with Crippen molar-refractivity contribution < 1.29 is 4.39 Å². The van der Waals surface area contributed by atoms with Gasteiger partial charge in [0.15, 0.2) is 0 Å².